The van der Waals surface area contributed by atoms with Gasteiger partial charge >= 0.3 is 0 Å². The number of aryl methyl sites for hydroxylation is 2. The van der Waals surface area contributed by atoms with Gasteiger partial charge in [0.15, 0.2) is 0 Å². The van der Waals surface area contributed by atoms with E-state index in [-0.39, 0.29) is 0 Å². The third-order valence-electron chi connectivity index (χ3n) is 4.26. The number of hydrogen-bond donors (Lipinski definition) is 1. The number of amidine groups is 1. The number of hydrogen-bond acceptors (Lipinski definition) is 4. The van der Waals surface area contributed by atoms with Crippen LogP contribution in [0.3, 0.4) is 0 Å². The summed E-state index contributed by atoms with van der Waals surface area (Å²) in [4.78, 5) is 9.38. The summed E-state index contributed by atoms with van der Waals surface area (Å²) in [5, 5.41) is 0. The van der Waals surface area contributed by atoms with E-state index in [2.05, 4.69) is 25.5 Å². The Hall–Kier alpha value is -2.15. The van der Waals surface area contributed by atoms with Crippen molar-refractivity contribution in [1.29, 1.82) is 0 Å². The SMILES string of the molecule is O=S1(=O)NC(=NCCc2cn3c(n2)CCCC3)c2ccccc21. The molecule has 1 aromatic carbocycles. The average molecular weight is 330 g/mol. The maximum Gasteiger partial charge on any atom is 0.263 e. The van der Waals surface area contributed by atoms with Crippen LogP contribution in [0.4, 0.5) is 0 Å². The Morgan fingerprint density at radius 3 is 3.00 bits per heavy atom. The zero-order valence-electron chi connectivity index (χ0n) is 12.7. The molecule has 0 aliphatic carbocycles. The predicted octanol–water partition coefficient (Wildman–Crippen LogP) is 1.50. The molecule has 0 unspecified atom stereocenters. The number of rotatable bonds is 3. The molecular weight excluding hydrogens is 312 g/mol. The number of benzene rings is 1. The molecule has 2 aromatic rings. The zero-order valence-corrected chi connectivity index (χ0v) is 13.5. The molecule has 3 heterocycles. The Bertz CT molecular complexity index is 860. The molecule has 4 rings (SSSR count). The second kappa shape index (κ2) is 5.49. The summed E-state index contributed by atoms with van der Waals surface area (Å²) in [6, 6.07) is 6.92. The topological polar surface area (TPSA) is 76.3 Å². The Kier molecular flexibility index (Phi) is 3.45. The van der Waals surface area contributed by atoms with Crippen molar-refractivity contribution in [3.8, 4) is 0 Å². The van der Waals surface area contributed by atoms with E-state index in [1.165, 1.54) is 12.8 Å². The van der Waals surface area contributed by atoms with Gasteiger partial charge in [-0.15, -0.1) is 0 Å². The Balaban J connectivity index is 1.51. The lowest BCUT2D eigenvalue weighted by molar-refractivity contribution is 0.522. The van der Waals surface area contributed by atoms with Gasteiger partial charge in [-0.05, 0) is 25.0 Å². The first-order valence-corrected chi connectivity index (χ1v) is 9.33. The van der Waals surface area contributed by atoms with E-state index in [9.17, 15) is 8.42 Å². The normalized spacial score (nSPS) is 20.1. The van der Waals surface area contributed by atoms with Crippen molar-refractivity contribution in [2.24, 2.45) is 4.99 Å². The monoisotopic (exact) mass is 330 g/mol. The summed E-state index contributed by atoms with van der Waals surface area (Å²) in [5.41, 5.74) is 1.68. The van der Waals surface area contributed by atoms with Crippen molar-refractivity contribution in [2.75, 3.05) is 6.54 Å². The number of fused-ring (bicyclic) bond motifs is 2. The fourth-order valence-corrected chi connectivity index (χ4v) is 4.38. The van der Waals surface area contributed by atoms with Crippen LogP contribution in [0.2, 0.25) is 0 Å². The second-order valence-corrected chi connectivity index (χ2v) is 7.53. The maximum absolute atomic E-state index is 12.0. The molecule has 1 N–H and O–H groups in total. The number of aromatic nitrogens is 2. The van der Waals surface area contributed by atoms with Gasteiger partial charge in [0.05, 0.1) is 10.6 Å². The summed E-state index contributed by atoms with van der Waals surface area (Å²) < 4.78 is 28.8. The van der Waals surface area contributed by atoms with Crippen LogP contribution >= 0.6 is 0 Å². The maximum atomic E-state index is 12.0. The highest BCUT2D eigenvalue weighted by atomic mass is 32.2. The van der Waals surface area contributed by atoms with Crippen LogP contribution in [0.1, 0.15) is 29.9 Å². The first-order chi connectivity index (χ1) is 11.1. The molecule has 0 saturated heterocycles. The van der Waals surface area contributed by atoms with Gasteiger partial charge in [0.2, 0.25) is 0 Å². The number of nitrogens with zero attached hydrogens (tertiary/aromatic N) is 3. The van der Waals surface area contributed by atoms with Gasteiger partial charge in [-0.25, -0.2) is 13.4 Å². The predicted molar refractivity (Wildman–Crippen MR) is 87.0 cm³/mol. The molecule has 1 aromatic heterocycles. The van der Waals surface area contributed by atoms with Gasteiger partial charge in [0.1, 0.15) is 11.7 Å². The van der Waals surface area contributed by atoms with Crippen molar-refractivity contribution in [1.82, 2.24) is 14.3 Å². The summed E-state index contributed by atoms with van der Waals surface area (Å²) in [6.07, 6.45) is 6.28. The largest absolute Gasteiger partial charge is 0.335 e. The molecule has 0 bridgehead atoms. The molecule has 23 heavy (non-hydrogen) atoms. The molecule has 0 atom stereocenters. The van der Waals surface area contributed by atoms with Gasteiger partial charge in [-0.2, -0.15) is 0 Å². The third-order valence-corrected chi connectivity index (χ3v) is 5.66. The number of aliphatic imine (C=N–C) groups is 1. The average Bonchev–Trinajstić information content (AvgIpc) is 3.07. The molecular formula is C16H18N4O2S. The molecule has 0 saturated carbocycles. The van der Waals surface area contributed by atoms with E-state index >= 15 is 0 Å². The van der Waals surface area contributed by atoms with Crippen molar-refractivity contribution >= 4 is 15.9 Å². The van der Waals surface area contributed by atoms with Crippen LogP contribution in [-0.4, -0.2) is 30.3 Å². The number of sulfonamides is 1. The van der Waals surface area contributed by atoms with Crippen LogP contribution in [0.15, 0.2) is 40.4 Å². The zero-order chi connectivity index (χ0) is 15.9. The van der Waals surface area contributed by atoms with Gasteiger partial charge in [0.25, 0.3) is 10.0 Å². The van der Waals surface area contributed by atoms with Gasteiger partial charge in [0, 0.05) is 37.7 Å². The quantitative estimate of drug-likeness (QED) is 0.926. The van der Waals surface area contributed by atoms with E-state index in [1.807, 2.05) is 6.07 Å². The van der Waals surface area contributed by atoms with E-state index in [0.717, 1.165) is 24.5 Å². The second-order valence-electron chi connectivity index (χ2n) is 5.88. The molecule has 7 heteroatoms. The standard InChI is InChI=1S/C16H18N4O2S/c21-23(22)14-6-2-1-5-13(14)16(19-23)17-9-8-12-11-20-10-4-3-7-15(20)18-12/h1-2,5-6,11H,3-4,7-10H2,(H,17,19). The van der Waals surface area contributed by atoms with Crippen molar-refractivity contribution in [3.63, 3.8) is 0 Å². The lowest BCUT2D eigenvalue weighted by Gasteiger charge is -2.11. The van der Waals surface area contributed by atoms with Gasteiger partial charge < -0.3 is 4.57 Å². The fourth-order valence-electron chi connectivity index (χ4n) is 3.13. The molecule has 2 aliphatic rings. The number of imidazole rings is 1. The smallest absolute Gasteiger partial charge is 0.263 e. The van der Waals surface area contributed by atoms with Crippen LogP contribution in [0.25, 0.3) is 0 Å². The van der Waals surface area contributed by atoms with E-state index in [4.69, 9.17) is 0 Å². The first kappa shape index (κ1) is 14.4. The minimum atomic E-state index is -3.45. The number of nitrogens with one attached hydrogen (secondary N) is 1. The minimum absolute atomic E-state index is 0.302. The third kappa shape index (κ3) is 2.65. The van der Waals surface area contributed by atoms with E-state index < -0.39 is 10.0 Å². The van der Waals surface area contributed by atoms with Crippen molar-refractivity contribution < 1.29 is 8.42 Å². The molecule has 0 amide bonds. The first-order valence-electron chi connectivity index (χ1n) is 7.85. The lowest BCUT2D eigenvalue weighted by atomic mass is 10.2. The molecule has 0 fully saturated rings. The van der Waals surface area contributed by atoms with Gasteiger partial charge in [-0.3, -0.25) is 9.71 Å². The molecule has 120 valence electrons. The lowest BCUT2D eigenvalue weighted by Crippen LogP contribution is -2.22. The van der Waals surface area contributed by atoms with Crippen LogP contribution in [0.5, 0.6) is 0 Å². The molecule has 2 aliphatic heterocycles. The molecule has 0 radical (unpaired) electrons. The summed E-state index contributed by atoms with van der Waals surface area (Å²) >= 11 is 0. The summed E-state index contributed by atoms with van der Waals surface area (Å²) in [6.45, 7) is 1.56. The molecule has 0 spiro atoms. The highest BCUT2D eigenvalue weighted by molar-refractivity contribution is 7.90. The fraction of sp³-hybridized carbons (Fsp3) is 0.375. The van der Waals surface area contributed by atoms with E-state index in [0.29, 0.717) is 29.3 Å². The van der Waals surface area contributed by atoms with Crippen LogP contribution in [0, 0.1) is 0 Å². The van der Waals surface area contributed by atoms with Crippen molar-refractivity contribution in [2.45, 2.75) is 37.1 Å². The van der Waals surface area contributed by atoms with E-state index in [1.54, 1.807) is 18.2 Å². The highest BCUT2D eigenvalue weighted by Gasteiger charge is 2.29. The Morgan fingerprint density at radius 2 is 2.13 bits per heavy atom. The molecule has 6 nitrogen and oxygen atoms in total. The van der Waals surface area contributed by atoms with Crippen LogP contribution < -0.4 is 4.72 Å². The highest BCUT2D eigenvalue weighted by Crippen LogP contribution is 2.22. The Labute approximate surface area is 135 Å². The van der Waals surface area contributed by atoms with Crippen LogP contribution in [-0.2, 0) is 29.4 Å². The van der Waals surface area contributed by atoms with Crippen molar-refractivity contribution in [3.05, 3.63) is 47.5 Å². The summed E-state index contributed by atoms with van der Waals surface area (Å²) in [7, 11) is -3.45. The minimum Gasteiger partial charge on any atom is -0.335 e. The summed E-state index contributed by atoms with van der Waals surface area (Å²) in [5.74, 6) is 1.59. The Morgan fingerprint density at radius 1 is 1.26 bits per heavy atom. The van der Waals surface area contributed by atoms with Gasteiger partial charge in [-0.1, -0.05) is 12.1 Å².